The monoisotopic (exact) mass is 368 g/mol. The fraction of sp³-hybridized carbons (Fsp3) is 0.250. The second-order valence-electron chi connectivity index (χ2n) is 6.06. The molecule has 134 valence electrons. The normalized spacial score (nSPS) is 12.0. The zero-order valence-corrected chi connectivity index (χ0v) is 15.7. The number of benzene rings is 2. The third kappa shape index (κ3) is 4.73. The lowest BCUT2D eigenvalue weighted by atomic mass is 10.1. The van der Waals surface area contributed by atoms with Crippen LogP contribution in [0.25, 0.3) is 0 Å². The molecule has 3 aromatic rings. The first-order valence-corrected chi connectivity index (χ1v) is 9.18. The molecule has 5 nitrogen and oxygen atoms in total. The lowest BCUT2D eigenvalue weighted by Crippen LogP contribution is -2.13. The van der Waals surface area contributed by atoms with Gasteiger partial charge >= 0.3 is 0 Å². The summed E-state index contributed by atoms with van der Waals surface area (Å²) in [6.45, 7) is 6.02. The number of hydrogen-bond donors (Lipinski definition) is 0. The first-order valence-electron chi connectivity index (χ1n) is 8.30. The van der Waals surface area contributed by atoms with Gasteiger partial charge in [0.25, 0.3) is 11.1 Å². The summed E-state index contributed by atoms with van der Waals surface area (Å²) in [7, 11) is 0. The number of rotatable bonds is 7. The molecule has 0 aliphatic carbocycles. The smallest absolute Gasteiger partial charge is 0.277 e. The third-order valence-electron chi connectivity index (χ3n) is 3.78. The molecule has 1 aromatic heterocycles. The van der Waals surface area contributed by atoms with Gasteiger partial charge in [-0.15, -0.1) is 10.2 Å². The molecule has 0 saturated heterocycles. The zero-order valence-electron chi connectivity index (χ0n) is 14.9. The van der Waals surface area contributed by atoms with Crippen molar-refractivity contribution in [2.75, 3.05) is 0 Å². The van der Waals surface area contributed by atoms with E-state index < -0.39 is 0 Å². The lowest BCUT2D eigenvalue weighted by molar-refractivity contribution is 0.0993. The Balaban J connectivity index is 1.57. The van der Waals surface area contributed by atoms with E-state index in [1.54, 1.807) is 0 Å². The number of aryl methyl sites for hydroxylation is 2. The van der Waals surface area contributed by atoms with Crippen molar-refractivity contribution in [1.29, 1.82) is 0 Å². The van der Waals surface area contributed by atoms with Crippen molar-refractivity contribution in [3.63, 3.8) is 0 Å². The molecule has 3 rings (SSSR count). The Labute approximate surface area is 156 Å². The van der Waals surface area contributed by atoms with Crippen LogP contribution in [0.3, 0.4) is 0 Å². The van der Waals surface area contributed by atoms with Crippen LogP contribution in [0, 0.1) is 13.8 Å². The number of ketones is 1. The molecule has 2 aromatic carbocycles. The molecular formula is C20H20N2O3S. The van der Waals surface area contributed by atoms with Gasteiger partial charge in [0.1, 0.15) is 5.75 Å². The quantitative estimate of drug-likeness (QED) is 0.447. The number of Topliss-reactive ketones (excluding diaryl/α,β-unsaturated/α-hetero) is 1. The maximum atomic E-state index is 12.5. The number of ether oxygens (including phenoxy) is 1. The molecule has 0 aliphatic rings. The van der Waals surface area contributed by atoms with Crippen molar-refractivity contribution in [3.05, 3.63) is 71.1 Å². The van der Waals surface area contributed by atoms with E-state index in [0.717, 1.165) is 16.9 Å². The average Bonchev–Trinajstić information content (AvgIpc) is 3.07. The predicted molar refractivity (Wildman–Crippen MR) is 101 cm³/mol. The van der Waals surface area contributed by atoms with Crippen LogP contribution in [-0.2, 0) is 6.61 Å². The van der Waals surface area contributed by atoms with Gasteiger partial charge in [0.05, 0.1) is 5.25 Å². The van der Waals surface area contributed by atoms with Crippen LogP contribution in [0.2, 0.25) is 0 Å². The van der Waals surface area contributed by atoms with Gasteiger partial charge < -0.3 is 9.15 Å². The van der Waals surface area contributed by atoms with Crippen molar-refractivity contribution >= 4 is 17.5 Å². The molecule has 1 heterocycles. The molecule has 0 spiro atoms. The Hall–Kier alpha value is -2.60. The summed E-state index contributed by atoms with van der Waals surface area (Å²) < 4.78 is 11.2. The van der Waals surface area contributed by atoms with Crippen LogP contribution in [0.5, 0.6) is 5.75 Å². The van der Waals surface area contributed by atoms with E-state index in [0.29, 0.717) is 16.7 Å². The molecule has 0 amide bonds. The second-order valence-corrected chi connectivity index (χ2v) is 7.35. The molecule has 0 bridgehead atoms. The van der Waals surface area contributed by atoms with Crippen LogP contribution in [0.1, 0.15) is 34.3 Å². The minimum atomic E-state index is -0.316. The van der Waals surface area contributed by atoms with Crippen LogP contribution in [0.4, 0.5) is 0 Å². The van der Waals surface area contributed by atoms with Crippen molar-refractivity contribution in [1.82, 2.24) is 10.2 Å². The Morgan fingerprint density at radius 1 is 1.12 bits per heavy atom. The standard InChI is InChI=1S/C20H20N2O3S/c1-13-7-9-16(10-8-13)19(23)15(3)26-20-22-21-18(25-20)12-24-17-6-4-5-14(2)11-17/h4-11,15H,12H2,1-3H3. The van der Waals surface area contributed by atoms with E-state index in [2.05, 4.69) is 10.2 Å². The molecule has 1 atom stereocenters. The first-order chi connectivity index (χ1) is 12.5. The van der Waals surface area contributed by atoms with E-state index in [4.69, 9.17) is 9.15 Å². The molecule has 0 aliphatic heterocycles. The van der Waals surface area contributed by atoms with Gasteiger partial charge in [-0.2, -0.15) is 0 Å². The van der Waals surface area contributed by atoms with E-state index in [-0.39, 0.29) is 17.6 Å². The summed E-state index contributed by atoms with van der Waals surface area (Å²) in [5.41, 5.74) is 2.92. The van der Waals surface area contributed by atoms with Crippen LogP contribution < -0.4 is 4.74 Å². The highest BCUT2D eigenvalue weighted by atomic mass is 32.2. The summed E-state index contributed by atoms with van der Waals surface area (Å²) in [6, 6.07) is 15.3. The Morgan fingerprint density at radius 3 is 2.62 bits per heavy atom. The van der Waals surface area contributed by atoms with Crippen molar-refractivity contribution in [2.45, 2.75) is 37.9 Å². The molecule has 0 saturated carbocycles. The molecule has 0 radical (unpaired) electrons. The van der Waals surface area contributed by atoms with E-state index in [9.17, 15) is 4.79 Å². The zero-order chi connectivity index (χ0) is 18.5. The number of hydrogen-bond acceptors (Lipinski definition) is 6. The highest BCUT2D eigenvalue weighted by molar-refractivity contribution is 8.00. The molecule has 1 unspecified atom stereocenters. The van der Waals surface area contributed by atoms with Crippen molar-refractivity contribution in [3.8, 4) is 5.75 Å². The van der Waals surface area contributed by atoms with Crippen molar-refractivity contribution < 1.29 is 13.9 Å². The fourth-order valence-corrected chi connectivity index (χ4v) is 3.13. The maximum Gasteiger partial charge on any atom is 0.277 e. The topological polar surface area (TPSA) is 65.2 Å². The SMILES string of the molecule is Cc1ccc(C(=O)C(C)Sc2nnc(COc3cccc(C)c3)o2)cc1. The summed E-state index contributed by atoms with van der Waals surface area (Å²) >= 11 is 1.25. The predicted octanol–water partition coefficient (Wildman–Crippen LogP) is 4.63. The van der Waals surface area contributed by atoms with Crippen LogP contribution in [0.15, 0.2) is 58.2 Å². The lowest BCUT2D eigenvalue weighted by Gasteiger charge is -2.07. The number of carbonyl (C=O) groups excluding carboxylic acids is 1. The molecule has 0 N–H and O–H groups in total. The first kappa shape index (κ1) is 18.2. The van der Waals surface area contributed by atoms with Crippen molar-refractivity contribution in [2.24, 2.45) is 0 Å². The molecular weight excluding hydrogens is 348 g/mol. The highest BCUT2D eigenvalue weighted by Crippen LogP contribution is 2.25. The third-order valence-corrected chi connectivity index (χ3v) is 4.72. The molecule has 0 fully saturated rings. The molecule has 26 heavy (non-hydrogen) atoms. The maximum absolute atomic E-state index is 12.5. The average molecular weight is 368 g/mol. The Morgan fingerprint density at radius 2 is 1.88 bits per heavy atom. The fourth-order valence-electron chi connectivity index (χ4n) is 2.35. The van der Waals surface area contributed by atoms with Crippen LogP contribution >= 0.6 is 11.8 Å². The Kier molecular flexibility index (Phi) is 5.73. The second kappa shape index (κ2) is 8.19. The number of carbonyl (C=O) groups is 1. The molecule has 6 heteroatoms. The summed E-state index contributed by atoms with van der Waals surface area (Å²) in [6.07, 6.45) is 0. The summed E-state index contributed by atoms with van der Waals surface area (Å²) in [5.74, 6) is 1.16. The minimum absolute atomic E-state index is 0.0331. The van der Waals surface area contributed by atoms with Crippen LogP contribution in [-0.4, -0.2) is 21.2 Å². The van der Waals surface area contributed by atoms with E-state index in [1.165, 1.54) is 11.8 Å². The minimum Gasteiger partial charge on any atom is -0.484 e. The Bertz CT molecular complexity index is 890. The number of thioether (sulfide) groups is 1. The largest absolute Gasteiger partial charge is 0.484 e. The van der Waals surface area contributed by atoms with E-state index >= 15 is 0 Å². The number of nitrogens with zero attached hydrogens (tertiary/aromatic N) is 2. The van der Waals surface area contributed by atoms with Gasteiger partial charge in [0.2, 0.25) is 0 Å². The summed E-state index contributed by atoms with van der Waals surface area (Å²) in [5, 5.41) is 8.01. The van der Waals surface area contributed by atoms with Gasteiger partial charge in [-0.25, -0.2) is 0 Å². The highest BCUT2D eigenvalue weighted by Gasteiger charge is 2.19. The van der Waals surface area contributed by atoms with Gasteiger partial charge in [-0.3, -0.25) is 4.79 Å². The summed E-state index contributed by atoms with van der Waals surface area (Å²) in [4.78, 5) is 12.5. The van der Waals surface area contributed by atoms with Gasteiger partial charge in [0, 0.05) is 5.56 Å². The van der Waals surface area contributed by atoms with Gasteiger partial charge in [0.15, 0.2) is 12.4 Å². The van der Waals surface area contributed by atoms with Gasteiger partial charge in [-0.05, 0) is 38.5 Å². The van der Waals surface area contributed by atoms with Gasteiger partial charge in [-0.1, -0.05) is 53.7 Å². The van der Waals surface area contributed by atoms with E-state index in [1.807, 2.05) is 69.3 Å². The number of aromatic nitrogens is 2.